The first-order valence-electron chi connectivity index (χ1n) is 8.60. The van der Waals surface area contributed by atoms with E-state index < -0.39 is 0 Å². The van der Waals surface area contributed by atoms with E-state index in [0.717, 1.165) is 54.8 Å². The number of hydrogen-bond donors (Lipinski definition) is 1. The van der Waals surface area contributed by atoms with Crippen LogP contribution in [0.25, 0.3) is 22.0 Å². The van der Waals surface area contributed by atoms with Crippen molar-refractivity contribution >= 4 is 16.7 Å². The summed E-state index contributed by atoms with van der Waals surface area (Å²) >= 11 is 0. The number of hydrogen-bond acceptors (Lipinski definition) is 4. The highest BCUT2D eigenvalue weighted by Gasteiger charge is 2.19. The molecule has 0 radical (unpaired) electrons. The summed E-state index contributed by atoms with van der Waals surface area (Å²) in [7, 11) is 0. The highest BCUT2D eigenvalue weighted by atomic mass is 15.2. The quantitative estimate of drug-likeness (QED) is 0.803. The number of fused-ring (bicyclic) bond motifs is 1. The lowest BCUT2D eigenvalue weighted by atomic mass is 9.97. The molecule has 122 valence electrons. The van der Waals surface area contributed by atoms with E-state index >= 15 is 0 Å². The molecular weight excluding hydrogens is 296 g/mol. The van der Waals surface area contributed by atoms with Gasteiger partial charge in [-0.3, -0.25) is 4.98 Å². The lowest BCUT2D eigenvalue weighted by Crippen LogP contribution is -2.36. The number of benzene rings is 1. The predicted octanol–water partition coefficient (Wildman–Crippen LogP) is 3.47. The van der Waals surface area contributed by atoms with E-state index in [2.05, 4.69) is 39.1 Å². The SMILES string of the molecule is NCC1CCN(c2cc(-c3cnc4ccccc4c3)ccn2)CC1. The number of piperidine rings is 1. The summed E-state index contributed by atoms with van der Waals surface area (Å²) in [5.74, 6) is 1.71. The minimum atomic E-state index is 0.661. The van der Waals surface area contributed by atoms with Crippen molar-refractivity contribution in [1.29, 1.82) is 0 Å². The maximum atomic E-state index is 5.79. The van der Waals surface area contributed by atoms with Crippen molar-refractivity contribution < 1.29 is 0 Å². The van der Waals surface area contributed by atoms with Crippen molar-refractivity contribution in [3.63, 3.8) is 0 Å². The molecule has 0 bridgehead atoms. The smallest absolute Gasteiger partial charge is 0.129 e. The Bertz CT molecular complexity index is 838. The van der Waals surface area contributed by atoms with Gasteiger partial charge in [0.25, 0.3) is 0 Å². The van der Waals surface area contributed by atoms with Crippen LogP contribution in [0.15, 0.2) is 54.9 Å². The molecule has 0 aliphatic carbocycles. The second-order valence-corrected chi connectivity index (χ2v) is 6.49. The molecule has 3 aromatic rings. The zero-order valence-electron chi connectivity index (χ0n) is 13.7. The molecule has 24 heavy (non-hydrogen) atoms. The van der Waals surface area contributed by atoms with Crippen LogP contribution in [-0.4, -0.2) is 29.6 Å². The summed E-state index contributed by atoms with van der Waals surface area (Å²) in [5, 5.41) is 1.16. The van der Waals surface area contributed by atoms with Crippen LogP contribution in [-0.2, 0) is 0 Å². The van der Waals surface area contributed by atoms with Crippen LogP contribution in [0.4, 0.5) is 5.82 Å². The average Bonchev–Trinajstić information content (AvgIpc) is 2.68. The molecule has 1 fully saturated rings. The van der Waals surface area contributed by atoms with Gasteiger partial charge < -0.3 is 10.6 Å². The lowest BCUT2D eigenvalue weighted by Gasteiger charge is -2.32. The van der Waals surface area contributed by atoms with Gasteiger partial charge in [-0.15, -0.1) is 0 Å². The minimum Gasteiger partial charge on any atom is -0.357 e. The number of pyridine rings is 2. The molecule has 0 unspecified atom stereocenters. The summed E-state index contributed by atoms with van der Waals surface area (Å²) in [6, 6.07) is 14.6. The Morgan fingerprint density at radius 2 is 1.83 bits per heavy atom. The first-order chi connectivity index (χ1) is 11.8. The Kier molecular flexibility index (Phi) is 4.13. The lowest BCUT2D eigenvalue weighted by molar-refractivity contribution is 0.413. The Morgan fingerprint density at radius 3 is 2.67 bits per heavy atom. The van der Waals surface area contributed by atoms with Crippen molar-refractivity contribution in [3.05, 3.63) is 54.9 Å². The second kappa shape index (κ2) is 6.57. The van der Waals surface area contributed by atoms with Crippen molar-refractivity contribution in [2.24, 2.45) is 11.7 Å². The van der Waals surface area contributed by atoms with Gasteiger partial charge in [-0.05, 0) is 55.1 Å². The van der Waals surface area contributed by atoms with Gasteiger partial charge in [0.15, 0.2) is 0 Å². The van der Waals surface area contributed by atoms with E-state index in [1.165, 1.54) is 5.56 Å². The number of anilines is 1. The summed E-state index contributed by atoms with van der Waals surface area (Å²) in [5.41, 5.74) is 9.12. The van der Waals surface area contributed by atoms with Crippen LogP contribution in [0.2, 0.25) is 0 Å². The summed E-state index contributed by atoms with van der Waals surface area (Å²) in [6.07, 6.45) is 6.15. The first kappa shape index (κ1) is 15.1. The maximum absolute atomic E-state index is 5.79. The standard InChI is InChI=1S/C20H22N4/c21-13-15-6-9-24(10-7-15)20-12-16(5-8-22-20)18-11-17-3-1-2-4-19(17)23-14-18/h1-5,8,11-12,14-15H,6-7,9-10,13,21H2. The molecule has 4 nitrogen and oxygen atoms in total. The summed E-state index contributed by atoms with van der Waals surface area (Å²) < 4.78 is 0. The summed E-state index contributed by atoms with van der Waals surface area (Å²) in [4.78, 5) is 11.5. The molecule has 4 rings (SSSR count). The molecule has 0 amide bonds. The van der Waals surface area contributed by atoms with Gasteiger partial charge in [0, 0.05) is 36.4 Å². The topological polar surface area (TPSA) is 55.0 Å². The monoisotopic (exact) mass is 318 g/mol. The van der Waals surface area contributed by atoms with Crippen LogP contribution in [0.5, 0.6) is 0 Å². The van der Waals surface area contributed by atoms with E-state index in [-0.39, 0.29) is 0 Å². The molecule has 2 N–H and O–H groups in total. The largest absolute Gasteiger partial charge is 0.357 e. The third-order valence-corrected chi connectivity index (χ3v) is 4.94. The third kappa shape index (κ3) is 2.97. The molecule has 1 saturated heterocycles. The minimum absolute atomic E-state index is 0.661. The molecule has 1 aromatic carbocycles. The highest BCUT2D eigenvalue weighted by Crippen LogP contribution is 2.27. The molecule has 1 aliphatic heterocycles. The van der Waals surface area contributed by atoms with E-state index in [0.29, 0.717) is 5.92 Å². The fourth-order valence-corrected chi connectivity index (χ4v) is 3.40. The second-order valence-electron chi connectivity index (χ2n) is 6.49. The van der Waals surface area contributed by atoms with Gasteiger partial charge in [0.2, 0.25) is 0 Å². The van der Waals surface area contributed by atoms with E-state index in [4.69, 9.17) is 5.73 Å². The molecule has 3 heterocycles. The molecule has 1 aliphatic rings. The van der Waals surface area contributed by atoms with E-state index in [1.807, 2.05) is 30.6 Å². The number of nitrogens with two attached hydrogens (primary N) is 1. The number of para-hydroxylation sites is 1. The Labute approximate surface area is 142 Å². The zero-order chi connectivity index (χ0) is 16.4. The first-order valence-corrected chi connectivity index (χ1v) is 8.60. The molecule has 2 aromatic heterocycles. The average molecular weight is 318 g/mol. The number of aromatic nitrogens is 2. The zero-order valence-corrected chi connectivity index (χ0v) is 13.7. The van der Waals surface area contributed by atoms with Gasteiger partial charge in [0.05, 0.1) is 5.52 Å². The normalized spacial score (nSPS) is 15.8. The Balaban J connectivity index is 1.62. The van der Waals surface area contributed by atoms with Gasteiger partial charge >= 0.3 is 0 Å². The maximum Gasteiger partial charge on any atom is 0.129 e. The third-order valence-electron chi connectivity index (χ3n) is 4.94. The number of rotatable bonds is 3. The van der Waals surface area contributed by atoms with Crippen molar-refractivity contribution in [1.82, 2.24) is 9.97 Å². The van der Waals surface area contributed by atoms with E-state index in [9.17, 15) is 0 Å². The molecular formula is C20H22N4. The van der Waals surface area contributed by atoms with Gasteiger partial charge in [-0.2, -0.15) is 0 Å². The fraction of sp³-hybridized carbons (Fsp3) is 0.300. The number of nitrogens with zero attached hydrogens (tertiary/aromatic N) is 3. The fourth-order valence-electron chi connectivity index (χ4n) is 3.40. The van der Waals surface area contributed by atoms with Crippen LogP contribution in [0.1, 0.15) is 12.8 Å². The van der Waals surface area contributed by atoms with Crippen LogP contribution < -0.4 is 10.6 Å². The van der Waals surface area contributed by atoms with Gasteiger partial charge in [-0.1, -0.05) is 18.2 Å². The predicted molar refractivity (Wildman–Crippen MR) is 99.0 cm³/mol. The van der Waals surface area contributed by atoms with Crippen molar-refractivity contribution in [2.75, 3.05) is 24.5 Å². The summed E-state index contributed by atoms with van der Waals surface area (Å²) in [6.45, 7) is 2.87. The van der Waals surface area contributed by atoms with Crippen molar-refractivity contribution in [2.45, 2.75) is 12.8 Å². The highest BCUT2D eigenvalue weighted by molar-refractivity contribution is 5.83. The molecule has 0 atom stereocenters. The van der Waals surface area contributed by atoms with Crippen LogP contribution >= 0.6 is 0 Å². The molecule has 4 heteroatoms. The van der Waals surface area contributed by atoms with Crippen LogP contribution in [0.3, 0.4) is 0 Å². The van der Waals surface area contributed by atoms with Gasteiger partial charge in [-0.25, -0.2) is 4.98 Å². The Hall–Kier alpha value is -2.46. The molecule has 0 saturated carbocycles. The van der Waals surface area contributed by atoms with E-state index in [1.54, 1.807) is 0 Å². The van der Waals surface area contributed by atoms with Crippen LogP contribution in [0, 0.1) is 5.92 Å². The Morgan fingerprint density at radius 1 is 1.00 bits per heavy atom. The van der Waals surface area contributed by atoms with Gasteiger partial charge in [0.1, 0.15) is 5.82 Å². The molecule has 0 spiro atoms. The van der Waals surface area contributed by atoms with Crippen molar-refractivity contribution in [3.8, 4) is 11.1 Å².